The summed E-state index contributed by atoms with van der Waals surface area (Å²) in [4.78, 5) is 14.5. The Kier molecular flexibility index (Phi) is 3.57. The second-order valence-electron chi connectivity index (χ2n) is 6.52. The lowest BCUT2D eigenvalue weighted by molar-refractivity contribution is 0.0378. The number of fused-ring (bicyclic) bond motifs is 4. The van der Waals surface area contributed by atoms with Gasteiger partial charge in [-0.15, -0.1) is 0 Å². The number of carbonyl (C=O) groups is 1. The molecule has 0 saturated carbocycles. The van der Waals surface area contributed by atoms with Gasteiger partial charge in [-0.05, 0) is 49.2 Å². The summed E-state index contributed by atoms with van der Waals surface area (Å²) in [5.74, 6) is 0.826. The largest absolute Gasteiger partial charge is 0.467 e. The summed E-state index contributed by atoms with van der Waals surface area (Å²) < 4.78 is 7.27. The first-order chi connectivity index (χ1) is 11.5. The topological polar surface area (TPSA) is 41.6 Å². The van der Waals surface area contributed by atoms with Gasteiger partial charge in [0.15, 0.2) is 5.72 Å². The Balaban J connectivity index is 1.76. The molecule has 2 atom stereocenters. The second kappa shape index (κ2) is 5.52. The first-order valence-electron chi connectivity index (χ1n) is 8.18. The van der Waals surface area contributed by atoms with Crippen molar-refractivity contribution in [2.24, 2.45) is 0 Å². The molecule has 2 aromatic carbocycles. The van der Waals surface area contributed by atoms with Crippen LogP contribution in [-0.4, -0.2) is 11.8 Å². The smallest absolute Gasteiger partial charge is 0.325 e. The number of carbonyl (C=O) groups excluding carboxylic acids is 1. The van der Waals surface area contributed by atoms with Crippen LogP contribution in [0.5, 0.6) is 5.75 Å². The summed E-state index contributed by atoms with van der Waals surface area (Å²) in [5, 5.41) is 3.12. The number of hydrogen-bond acceptors (Lipinski definition) is 2. The molecule has 124 valence electrons. The van der Waals surface area contributed by atoms with Crippen LogP contribution >= 0.6 is 15.9 Å². The van der Waals surface area contributed by atoms with E-state index in [9.17, 15) is 4.79 Å². The van der Waals surface area contributed by atoms with Gasteiger partial charge in [0.2, 0.25) is 0 Å². The van der Waals surface area contributed by atoms with Crippen LogP contribution in [0.4, 0.5) is 10.5 Å². The average molecular weight is 387 g/mol. The molecule has 2 aliphatic heterocycles. The fourth-order valence-corrected chi connectivity index (χ4v) is 4.00. The van der Waals surface area contributed by atoms with Gasteiger partial charge in [-0.2, -0.15) is 0 Å². The van der Waals surface area contributed by atoms with E-state index in [1.54, 1.807) is 4.90 Å². The van der Waals surface area contributed by atoms with Gasteiger partial charge in [-0.1, -0.05) is 35.0 Å². The molecule has 1 N–H and O–H groups in total. The number of benzene rings is 2. The maximum Gasteiger partial charge on any atom is 0.325 e. The number of nitrogens with one attached hydrogen (secondary N) is 1. The number of nitrogens with zero attached hydrogens (tertiary/aromatic N) is 1. The molecule has 2 heterocycles. The van der Waals surface area contributed by atoms with E-state index in [1.165, 1.54) is 5.56 Å². The molecule has 0 spiro atoms. The summed E-state index contributed by atoms with van der Waals surface area (Å²) in [6, 6.07) is 13.9. The number of amides is 2. The van der Waals surface area contributed by atoms with E-state index in [2.05, 4.69) is 40.3 Å². The molecular formula is C19H19BrN2O2. The highest BCUT2D eigenvalue weighted by Gasteiger charge is 2.49. The third kappa shape index (κ3) is 2.38. The first kappa shape index (κ1) is 15.5. The molecule has 1 saturated heterocycles. The van der Waals surface area contributed by atoms with Crippen LogP contribution in [0.1, 0.15) is 37.4 Å². The fourth-order valence-electron chi connectivity index (χ4n) is 3.62. The standard InChI is InChI=1S/C19H19BrN2O2/c1-3-12-4-7-14(8-5-12)22-18(23)21-16-11-19(22,2)24-17-9-6-13(20)10-15(16)17/h4-10,16H,3,11H2,1-2H3,(H,21,23)/t16?,19-/m0/s1. The van der Waals surface area contributed by atoms with Crippen LogP contribution < -0.4 is 15.0 Å². The number of halogens is 1. The quantitative estimate of drug-likeness (QED) is 0.806. The predicted molar refractivity (Wildman–Crippen MR) is 97.4 cm³/mol. The van der Waals surface area contributed by atoms with Crippen molar-refractivity contribution < 1.29 is 9.53 Å². The van der Waals surface area contributed by atoms with Crippen LogP contribution in [0.15, 0.2) is 46.9 Å². The van der Waals surface area contributed by atoms with Gasteiger partial charge in [0, 0.05) is 22.1 Å². The average Bonchev–Trinajstić information content (AvgIpc) is 2.55. The molecule has 2 amide bonds. The lowest BCUT2D eigenvalue weighted by atomic mass is 9.90. The first-order valence-corrected chi connectivity index (χ1v) is 8.97. The lowest BCUT2D eigenvalue weighted by Crippen LogP contribution is -2.65. The van der Waals surface area contributed by atoms with Crippen molar-refractivity contribution in [3.05, 3.63) is 58.1 Å². The molecule has 0 aliphatic carbocycles. The van der Waals surface area contributed by atoms with Crippen molar-refractivity contribution in [2.75, 3.05) is 4.90 Å². The van der Waals surface area contributed by atoms with Crippen molar-refractivity contribution in [3.63, 3.8) is 0 Å². The molecule has 2 aliphatic rings. The minimum Gasteiger partial charge on any atom is -0.467 e. The summed E-state index contributed by atoms with van der Waals surface area (Å²) in [6.07, 6.45) is 1.68. The normalized spacial score (nSPS) is 24.9. The molecule has 0 radical (unpaired) electrons. The molecule has 0 aromatic heterocycles. The summed E-state index contributed by atoms with van der Waals surface area (Å²) in [5.41, 5.74) is 2.43. The van der Waals surface area contributed by atoms with Gasteiger partial charge in [-0.3, -0.25) is 4.90 Å². The van der Waals surface area contributed by atoms with E-state index < -0.39 is 5.72 Å². The highest BCUT2D eigenvalue weighted by atomic mass is 79.9. The molecule has 4 nitrogen and oxygen atoms in total. The summed E-state index contributed by atoms with van der Waals surface area (Å²) >= 11 is 3.49. The van der Waals surface area contributed by atoms with Gasteiger partial charge in [0.25, 0.3) is 0 Å². The van der Waals surface area contributed by atoms with E-state index in [1.807, 2.05) is 37.3 Å². The highest BCUT2D eigenvalue weighted by molar-refractivity contribution is 9.10. The van der Waals surface area contributed by atoms with Gasteiger partial charge in [0.05, 0.1) is 6.04 Å². The Morgan fingerprint density at radius 3 is 2.75 bits per heavy atom. The van der Waals surface area contributed by atoms with Crippen LogP contribution in [0.25, 0.3) is 0 Å². The lowest BCUT2D eigenvalue weighted by Gasteiger charge is -2.50. The molecule has 5 heteroatoms. The van der Waals surface area contributed by atoms with Crippen molar-refractivity contribution in [2.45, 2.75) is 38.5 Å². The molecule has 2 bridgehead atoms. The number of ether oxygens (including phenoxy) is 1. The van der Waals surface area contributed by atoms with Crippen molar-refractivity contribution in [3.8, 4) is 5.75 Å². The predicted octanol–water partition coefficient (Wildman–Crippen LogP) is 4.78. The molecule has 24 heavy (non-hydrogen) atoms. The van der Waals surface area contributed by atoms with Crippen LogP contribution in [0.2, 0.25) is 0 Å². The van der Waals surface area contributed by atoms with E-state index >= 15 is 0 Å². The zero-order chi connectivity index (χ0) is 16.9. The number of rotatable bonds is 2. The van der Waals surface area contributed by atoms with E-state index in [4.69, 9.17) is 4.74 Å². The van der Waals surface area contributed by atoms with Crippen LogP contribution in [-0.2, 0) is 6.42 Å². The number of aryl methyl sites for hydroxylation is 1. The Morgan fingerprint density at radius 2 is 2.04 bits per heavy atom. The van der Waals surface area contributed by atoms with Gasteiger partial charge in [0.1, 0.15) is 5.75 Å². The molecule has 2 aromatic rings. The third-order valence-electron chi connectivity index (χ3n) is 4.84. The molecule has 1 unspecified atom stereocenters. The summed E-state index contributed by atoms with van der Waals surface area (Å²) in [6.45, 7) is 4.10. The number of urea groups is 1. The molecular weight excluding hydrogens is 368 g/mol. The molecule has 1 fully saturated rings. The monoisotopic (exact) mass is 386 g/mol. The van der Waals surface area contributed by atoms with Crippen LogP contribution in [0, 0.1) is 0 Å². The number of hydrogen-bond donors (Lipinski definition) is 1. The highest BCUT2D eigenvalue weighted by Crippen LogP contribution is 2.46. The second-order valence-corrected chi connectivity index (χ2v) is 7.44. The van der Waals surface area contributed by atoms with Gasteiger partial charge >= 0.3 is 6.03 Å². The van der Waals surface area contributed by atoms with Crippen LogP contribution in [0.3, 0.4) is 0 Å². The number of anilines is 1. The molecule has 4 rings (SSSR count). The Morgan fingerprint density at radius 1 is 1.29 bits per heavy atom. The zero-order valence-corrected chi connectivity index (χ0v) is 15.3. The van der Waals surface area contributed by atoms with Gasteiger partial charge in [-0.25, -0.2) is 4.79 Å². The maximum atomic E-state index is 12.8. The van der Waals surface area contributed by atoms with Gasteiger partial charge < -0.3 is 10.1 Å². The SMILES string of the molecule is CCc1ccc(N2C(=O)NC3C[C@]2(C)Oc2ccc(Br)cc23)cc1. The minimum atomic E-state index is -0.693. The van der Waals surface area contributed by atoms with Crippen molar-refractivity contribution >= 4 is 27.6 Å². The van der Waals surface area contributed by atoms with Crippen molar-refractivity contribution in [1.29, 1.82) is 0 Å². The third-order valence-corrected chi connectivity index (χ3v) is 5.33. The van der Waals surface area contributed by atoms with E-state index in [0.29, 0.717) is 6.42 Å². The van der Waals surface area contributed by atoms with E-state index in [-0.39, 0.29) is 12.1 Å². The van der Waals surface area contributed by atoms with Crippen molar-refractivity contribution in [1.82, 2.24) is 5.32 Å². The Hall–Kier alpha value is -2.01. The minimum absolute atomic E-state index is 0.0325. The van der Waals surface area contributed by atoms with E-state index in [0.717, 1.165) is 27.9 Å². The maximum absolute atomic E-state index is 12.8. The Bertz CT molecular complexity index is 806. The fraction of sp³-hybridized carbons (Fsp3) is 0.316. The summed E-state index contributed by atoms with van der Waals surface area (Å²) in [7, 11) is 0. The Labute approximate surface area is 149 Å². The zero-order valence-electron chi connectivity index (χ0n) is 13.7.